The van der Waals surface area contributed by atoms with Crippen LogP contribution in [0.4, 0.5) is 5.13 Å². The van der Waals surface area contributed by atoms with Crippen molar-refractivity contribution < 1.29 is 4.42 Å². The van der Waals surface area contributed by atoms with Crippen molar-refractivity contribution in [3.63, 3.8) is 0 Å². The third kappa shape index (κ3) is 2.39. The van der Waals surface area contributed by atoms with Gasteiger partial charge in [0.05, 0.1) is 23.0 Å². The average molecular weight is 324 g/mol. The van der Waals surface area contributed by atoms with Gasteiger partial charge in [0.25, 0.3) is 0 Å². The smallest absolute Gasteiger partial charge is 0.213 e. The summed E-state index contributed by atoms with van der Waals surface area (Å²) in [7, 11) is 0. The first-order valence-corrected chi connectivity index (χ1v) is 7.03. The van der Waals surface area contributed by atoms with Crippen molar-refractivity contribution in [2.24, 2.45) is 0 Å². The van der Waals surface area contributed by atoms with Crippen molar-refractivity contribution in [1.82, 2.24) is 9.97 Å². The Morgan fingerprint density at radius 1 is 1.44 bits per heavy atom. The lowest BCUT2D eigenvalue weighted by atomic mass is 10.3. The minimum atomic E-state index is 0.550. The second-order valence-corrected chi connectivity index (χ2v) is 5.80. The summed E-state index contributed by atoms with van der Waals surface area (Å²) in [5.41, 5.74) is 0.987. The van der Waals surface area contributed by atoms with Crippen LogP contribution in [0.5, 0.6) is 0 Å². The fraction of sp³-hybridized carbons (Fsp3) is 0.167. The second-order valence-electron chi connectivity index (χ2n) is 3.85. The summed E-state index contributed by atoms with van der Waals surface area (Å²) < 4.78 is 7.59. The van der Waals surface area contributed by atoms with Gasteiger partial charge in [-0.3, -0.25) is 0 Å². The Hall–Kier alpha value is -1.40. The molecule has 0 aliphatic carbocycles. The van der Waals surface area contributed by atoms with Crippen molar-refractivity contribution in [3.8, 4) is 0 Å². The molecule has 0 unspecified atom stereocenters. The van der Waals surface area contributed by atoms with Crippen LogP contribution in [-0.2, 0) is 6.54 Å². The van der Waals surface area contributed by atoms with Crippen LogP contribution < -0.4 is 5.32 Å². The Morgan fingerprint density at radius 2 is 2.33 bits per heavy atom. The van der Waals surface area contributed by atoms with Gasteiger partial charge in [-0.15, -0.1) is 0 Å². The summed E-state index contributed by atoms with van der Waals surface area (Å²) >= 11 is 5.06. The molecule has 92 valence electrons. The summed E-state index contributed by atoms with van der Waals surface area (Å²) in [6.07, 6.45) is 1.71. The van der Waals surface area contributed by atoms with Gasteiger partial charge < -0.3 is 9.73 Å². The van der Waals surface area contributed by atoms with Crippen molar-refractivity contribution in [2.75, 3.05) is 5.32 Å². The third-order valence-electron chi connectivity index (χ3n) is 2.41. The lowest BCUT2D eigenvalue weighted by Gasteiger charge is -1.96. The number of oxazole rings is 1. The molecule has 0 aliphatic rings. The summed E-state index contributed by atoms with van der Waals surface area (Å²) in [6, 6.07) is 6.07. The fourth-order valence-corrected chi connectivity index (χ4v) is 2.80. The van der Waals surface area contributed by atoms with E-state index in [0.717, 1.165) is 25.6 Å². The van der Waals surface area contributed by atoms with E-state index in [1.165, 1.54) is 0 Å². The van der Waals surface area contributed by atoms with E-state index in [4.69, 9.17) is 4.42 Å². The SMILES string of the molecule is Cc1cnc(CNc2nc3cc(Br)ccc3s2)o1. The van der Waals surface area contributed by atoms with Crippen LogP contribution in [-0.4, -0.2) is 9.97 Å². The number of hydrogen-bond donors (Lipinski definition) is 1. The van der Waals surface area contributed by atoms with E-state index in [1.807, 2.05) is 19.1 Å². The van der Waals surface area contributed by atoms with Crippen LogP contribution in [0.25, 0.3) is 10.2 Å². The zero-order chi connectivity index (χ0) is 12.5. The second kappa shape index (κ2) is 4.70. The quantitative estimate of drug-likeness (QED) is 0.792. The Morgan fingerprint density at radius 3 is 3.11 bits per heavy atom. The Labute approximate surface area is 116 Å². The number of fused-ring (bicyclic) bond motifs is 1. The molecule has 3 rings (SSSR count). The van der Waals surface area contributed by atoms with Gasteiger partial charge in [0.1, 0.15) is 5.76 Å². The highest BCUT2D eigenvalue weighted by Crippen LogP contribution is 2.28. The molecule has 2 heterocycles. The Kier molecular flexibility index (Phi) is 3.05. The molecule has 6 heteroatoms. The number of nitrogens with zero attached hydrogens (tertiary/aromatic N) is 2. The summed E-state index contributed by atoms with van der Waals surface area (Å²) in [5, 5.41) is 4.09. The topological polar surface area (TPSA) is 51.0 Å². The van der Waals surface area contributed by atoms with E-state index in [0.29, 0.717) is 12.4 Å². The molecule has 0 atom stereocenters. The monoisotopic (exact) mass is 323 g/mol. The highest BCUT2D eigenvalue weighted by Gasteiger charge is 2.05. The number of hydrogen-bond acceptors (Lipinski definition) is 5. The third-order valence-corrected chi connectivity index (χ3v) is 3.90. The van der Waals surface area contributed by atoms with E-state index in [2.05, 4.69) is 37.3 Å². The van der Waals surface area contributed by atoms with Gasteiger partial charge >= 0.3 is 0 Å². The van der Waals surface area contributed by atoms with Gasteiger partial charge in [0.2, 0.25) is 5.89 Å². The number of halogens is 1. The Bertz CT molecular complexity index is 692. The first kappa shape index (κ1) is 11.7. The predicted molar refractivity (Wildman–Crippen MR) is 75.9 cm³/mol. The van der Waals surface area contributed by atoms with Crippen LogP contribution in [0, 0.1) is 6.92 Å². The lowest BCUT2D eigenvalue weighted by Crippen LogP contribution is -1.98. The van der Waals surface area contributed by atoms with Crippen molar-refractivity contribution in [3.05, 3.63) is 40.5 Å². The van der Waals surface area contributed by atoms with Crippen LogP contribution in [0.2, 0.25) is 0 Å². The van der Waals surface area contributed by atoms with E-state index in [9.17, 15) is 0 Å². The Balaban J connectivity index is 1.78. The molecule has 2 aromatic heterocycles. The molecule has 0 aliphatic heterocycles. The van der Waals surface area contributed by atoms with Gasteiger partial charge in [0, 0.05) is 4.47 Å². The number of rotatable bonds is 3. The molecule has 1 aromatic carbocycles. The average Bonchev–Trinajstić information content (AvgIpc) is 2.92. The summed E-state index contributed by atoms with van der Waals surface area (Å²) in [6.45, 7) is 2.43. The molecule has 18 heavy (non-hydrogen) atoms. The molecule has 0 amide bonds. The number of thiazole rings is 1. The highest BCUT2D eigenvalue weighted by atomic mass is 79.9. The molecule has 4 nitrogen and oxygen atoms in total. The lowest BCUT2D eigenvalue weighted by molar-refractivity contribution is 0.479. The van der Waals surface area contributed by atoms with Crippen LogP contribution in [0.1, 0.15) is 11.7 Å². The van der Waals surface area contributed by atoms with E-state index < -0.39 is 0 Å². The van der Waals surface area contributed by atoms with Gasteiger partial charge in [-0.05, 0) is 25.1 Å². The standard InChI is InChI=1S/C12H10BrN3OS/c1-7-5-14-11(17-7)6-15-12-16-9-4-8(13)2-3-10(9)18-12/h2-5H,6H2,1H3,(H,15,16). The van der Waals surface area contributed by atoms with Crippen LogP contribution >= 0.6 is 27.3 Å². The molecular formula is C12H10BrN3OS. The molecule has 3 aromatic rings. The maximum absolute atomic E-state index is 5.39. The largest absolute Gasteiger partial charge is 0.444 e. The summed E-state index contributed by atoms with van der Waals surface area (Å²) in [4.78, 5) is 8.64. The van der Waals surface area contributed by atoms with Gasteiger partial charge in [0.15, 0.2) is 5.13 Å². The molecule has 0 spiro atoms. The number of aryl methyl sites for hydroxylation is 1. The maximum Gasteiger partial charge on any atom is 0.213 e. The molecule has 1 N–H and O–H groups in total. The fourth-order valence-electron chi connectivity index (χ4n) is 1.61. The molecular weight excluding hydrogens is 314 g/mol. The number of nitrogens with one attached hydrogen (secondary N) is 1. The molecule has 0 saturated carbocycles. The zero-order valence-electron chi connectivity index (χ0n) is 9.61. The predicted octanol–water partition coefficient (Wildman–Crippen LogP) is 3.97. The van der Waals surface area contributed by atoms with Crippen molar-refractivity contribution in [2.45, 2.75) is 13.5 Å². The number of aromatic nitrogens is 2. The van der Waals surface area contributed by atoms with Crippen molar-refractivity contribution >= 4 is 42.6 Å². The summed E-state index contributed by atoms with van der Waals surface area (Å²) in [5.74, 6) is 1.49. The first-order valence-electron chi connectivity index (χ1n) is 5.42. The maximum atomic E-state index is 5.39. The van der Waals surface area contributed by atoms with Gasteiger partial charge in [-0.25, -0.2) is 9.97 Å². The van der Waals surface area contributed by atoms with Gasteiger partial charge in [-0.1, -0.05) is 27.3 Å². The van der Waals surface area contributed by atoms with Crippen molar-refractivity contribution in [1.29, 1.82) is 0 Å². The number of anilines is 1. The van der Waals surface area contributed by atoms with Gasteiger partial charge in [-0.2, -0.15) is 0 Å². The van der Waals surface area contributed by atoms with E-state index in [1.54, 1.807) is 17.5 Å². The highest BCUT2D eigenvalue weighted by molar-refractivity contribution is 9.10. The zero-order valence-corrected chi connectivity index (χ0v) is 12.0. The number of benzene rings is 1. The van der Waals surface area contributed by atoms with E-state index >= 15 is 0 Å². The van der Waals surface area contributed by atoms with Crippen LogP contribution in [0.15, 0.2) is 33.3 Å². The first-order chi connectivity index (χ1) is 8.70. The van der Waals surface area contributed by atoms with E-state index in [-0.39, 0.29) is 0 Å². The minimum Gasteiger partial charge on any atom is -0.444 e. The minimum absolute atomic E-state index is 0.550. The van der Waals surface area contributed by atoms with Crippen LogP contribution in [0.3, 0.4) is 0 Å². The molecule has 0 bridgehead atoms. The molecule has 0 saturated heterocycles. The normalized spacial score (nSPS) is 11.0. The molecule has 0 radical (unpaired) electrons. The molecule has 0 fully saturated rings.